The van der Waals surface area contributed by atoms with E-state index < -0.39 is 11.9 Å². The SMILES string of the molecule is CC(=O)O.CCCC(=O)O.O=CO. The topological polar surface area (TPSA) is 112 Å². The molecule has 0 aromatic carbocycles. The lowest BCUT2D eigenvalue weighted by Crippen LogP contribution is -1.90. The van der Waals surface area contributed by atoms with Gasteiger partial charge >= 0.3 is 5.97 Å². The van der Waals surface area contributed by atoms with E-state index in [1.165, 1.54) is 0 Å². The minimum atomic E-state index is -0.833. The molecule has 0 aromatic heterocycles. The van der Waals surface area contributed by atoms with Gasteiger partial charge in [0.15, 0.2) is 0 Å². The maximum absolute atomic E-state index is 9.60. The highest BCUT2D eigenvalue weighted by Crippen LogP contribution is 1.82. The minimum Gasteiger partial charge on any atom is -0.483 e. The van der Waals surface area contributed by atoms with Crippen molar-refractivity contribution in [1.29, 1.82) is 0 Å². The van der Waals surface area contributed by atoms with Crippen molar-refractivity contribution in [2.75, 3.05) is 0 Å². The summed E-state index contributed by atoms with van der Waals surface area (Å²) in [6, 6.07) is 0. The lowest BCUT2D eigenvalue weighted by molar-refractivity contribution is -0.137. The number of aliphatic carboxylic acids is 2. The number of rotatable bonds is 2. The molecule has 0 radical (unpaired) electrons. The highest BCUT2D eigenvalue weighted by molar-refractivity contribution is 5.66. The molecule has 0 atom stereocenters. The molecule has 0 unspecified atom stereocenters. The first-order valence-electron chi connectivity index (χ1n) is 3.41. The molecule has 3 N–H and O–H groups in total. The highest BCUT2D eigenvalue weighted by Gasteiger charge is 1.87. The predicted molar refractivity (Wildman–Crippen MR) is 44.5 cm³/mol. The lowest BCUT2D eigenvalue weighted by atomic mass is 10.4. The van der Waals surface area contributed by atoms with Crippen LogP contribution in [0.4, 0.5) is 0 Å². The van der Waals surface area contributed by atoms with E-state index in [9.17, 15) is 4.79 Å². The molecule has 0 fully saturated rings. The molecule has 0 rings (SSSR count). The Morgan fingerprint density at radius 3 is 1.54 bits per heavy atom. The molecule has 0 aliphatic carbocycles. The number of carboxylic acids is 2. The summed E-state index contributed by atoms with van der Waals surface area (Å²) in [7, 11) is 0. The van der Waals surface area contributed by atoms with Crippen molar-refractivity contribution in [2.45, 2.75) is 26.7 Å². The van der Waals surface area contributed by atoms with Crippen molar-refractivity contribution < 1.29 is 29.7 Å². The Morgan fingerprint density at radius 2 is 1.54 bits per heavy atom. The zero-order chi connectivity index (χ0) is 11.3. The van der Waals surface area contributed by atoms with Crippen molar-refractivity contribution in [2.24, 2.45) is 0 Å². The average Bonchev–Trinajstić information content (AvgIpc) is 1.86. The number of carboxylic acid groups (broad SMARTS) is 3. The first-order valence-corrected chi connectivity index (χ1v) is 3.41. The molecular weight excluding hydrogens is 180 g/mol. The van der Waals surface area contributed by atoms with E-state index in [0.29, 0.717) is 6.42 Å². The molecule has 0 saturated carbocycles. The van der Waals surface area contributed by atoms with E-state index in [1.807, 2.05) is 6.92 Å². The number of carbonyl (C=O) groups is 3. The minimum absolute atomic E-state index is 0.250. The van der Waals surface area contributed by atoms with Crippen molar-refractivity contribution >= 4 is 18.4 Å². The molecule has 6 nitrogen and oxygen atoms in total. The number of hydrogen-bond acceptors (Lipinski definition) is 3. The second-order valence-electron chi connectivity index (χ2n) is 1.77. The third-order valence-electron chi connectivity index (χ3n) is 0.464. The maximum atomic E-state index is 9.60. The summed E-state index contributed by atoms with van der Waals surface area (Å²) in [5.41, 5.74) is 0. The highest BCUT2D eigenvalue weighted by atomic mass is 16.4. The van der Waals surface area contributed by atoms with Gasteiger partial charge in [0.2, 0.25) is 0 Å². The summed E-state index contributed by atoms with van der Waals surface area (Å²) in [6.45, 7) is 2.67. The van der Waals surface area contributed by atoms with Crippen LogP contribution in [0.25, 0.3) is 0 Å². The molecule has 0 spiro atoms. The van der Waals surface area contributed by atoms with Crippen LogP contribution in [0.1, 0.15) is 26.7 Å². The van der Waals surface area contributed by atoms with Crippen LogP contribution in [0.5, 0.6) is 0 Å². The van der Waals surface area contributed by atoms with Gasteiger partial charge in [0.25, 0.3) is 12.4 Å². The Labute approximate surface area is 75.8 Å². The van der Waals surface area contributed by atoms with Crippen LogP contribution >= 0.6 is 0 Å². The van der Waals surface area contributed by atoms with Crippen LogP contribution in [-0.2, 0) is 14.4 Å². The van der Waals surface area contributed by atoms with Crippen molar-refractivity contribution in [3.8, 4) is 0 Å². The summed E-state index contributed by atoms with van der Waals surface area (Å²) in [4.78, 5) is 27.0. The maximum Gasteiger partial charge on any atom is 0.303 e. The molecule has 0 aliphatic rings. The average molecular weight is 194 g/mol. The van der Waals surface area contributed by atoms with Crippen LogP contribution in [0.15, 0.2) is 0 Å². The van der Waals surface area contributed by atoms with Crippen LogP contribution in [-0.4, -0.2) is 33.7 Å². The summed E-state index contributed by atoms with van der Waals surface area (Å²) in [5, 5.41) is 22.2. The van der Waals surface area contributed by atoms with Gasteiger partial charge in [-0.3, -0.25) is 14.4 Å². The fraction of sp³-hybridized carbons (Fsp3) is 0.571. The fourth-order valence-corrected chi connectivity index (χ4v) is 0.214. The van der Waals surface area contributed by atoms with Gasteiger partial charge in [0, 0.05) is 13.3 Å². The first-order chi connectivity index (χ1) is 5.92. The molecule has 0 heterocycles. The summed E-state index contributed by atoms with van der Waals surface area (Å²) in [6.07, 6.45) is 1.02. The van der Waals surface area contributed by atoms with Gasteiger partial charge in [-0.15, -0.1) is 0 Å². The van der Waals surface area contributed by atoms with Gasteiger partial charge in [-0.1, -0.05) is 6.92 Å². The van der Waals surface area contributed by atoms with Crippen molar-refractivity contribution in [3.63, 3.8) is 0 Å². The van der Waals surface area contributed by atoms with Crippen LogP contribution in [0.2, 0.25) is 0 Å². The molecular formula is C7H14O6. The standard InChI is InChI=1S/C4H8O2.C2H4O2.CH2O2/c1-2-3-4(5)6;1-2(3)4;2-1-3/h2-3H2,1H3,(H,5,6);1H3,(H,3,4);1H,(H,2,3). The molecule has 0 bridgehead atoms. The molecule has 0 saturated heterocycles. The van der Waals surface area contributed by atoms with Gasteiger partial charge in [-0.25, -0.2) is 0 Å². The zero-order valence-electron chi connectivity index (χ0n) is 7.56. The predicted octanol–water partition coefficient (Wildman–Crippen LogP) is 0.663. The molecule has 13 heavy (non-hydrogen) atoms. The quantitative estimate of drug-likeness (QED) is 0.557. The van der Waals surface area contributed by atoms with Gasteiger partial charge in [0.1, 0.15) is 0 Å². The molecule has 6 heteroatoms. The number of hydrogen-bond donors (Lipinski definition) is 3. The van der Waals surface area contributed by atoms with E-state index in [0.717, 1.165) is 13.3 Å². The Hall–Kier alpha value is -1.59. The van der Waals surface area contributed by atoms with E-state index in [-0.39, 0.29) is 6.47 Å². The molecule has 0 aliphatic heterocycles. The van der Waals surface area contributed by atoms with Crippen LogP contribution < -0.4 is 0 Å². The third kappa shape index (κ3) is 370. The van der Waals surface area contributed by atoms with E-state index in [1.54, 1.807) is 0 Å². The first kappa shape index (κ1) is 17.5. The third-order valence-corrected chi connectivity index (χ3v) is 0.464. The monoisotopic (exact) mass is 194 g/mol. The van der Waals surface area contributed by atoms with Crippen LogP contribution in [0.3, 0.4) is 0 Å². The Balaban J connectivity index is -0.000000125. The summed E-state index contributed by atoms with van der Waals surface area (Å²) >= 11 is 0. The van der Waals surface area contributed by atoms with Crippen molar-refractivity contribution in [1.82, 2.24) is 0 Å². The van der Waals surface area contributed by atoms with Gasteiger partial charge in [-0.05, 0) is 6.42 Å². The Bertz CT molecular complexity index is 138. The van der Waals surface area contributed by atoms with Gasteiger partial charge in [-0.2, -0.15) is 0 Å². The largest absolute Gasteiger partial charge is 0.483 e. The molecule has 78 valence electrons. The van der Waals surface area contributed by atoms with E-state index >= 15 is 0 Å². The van der Waals surface area contributed by atoms with E-state index in [2.05, 4.69) is 0 Å². The van der Waals surface area contributed by atoms with Crippen LogP contribution in [0, 0.1) is 0 Å². The molecule has 0 amide bonds. The lowest BCUT2D eigenvalue weighted by Gasteiger charge is -1.79. The van der Waals surface area contributed by atoms with Crippen molar-refractivity contribution in [3.05, 3.63) is 0 Å². The second kappa shape index (κ2) is 16.8. The summed E-state index contributed by atoms with van der Waals surface area (Å²) in [5.74, 6) is -1.54. The van der Waals surface area contributed by atoms with Gasteiger partial charge < -0.3 is 15.3 Å². The second-order valence-corrected chi connectivity index (χ2v) is 1.77. The zero-order valence-corrected chi connectivity index (χ0v) is 7.56. The normalized spacial score (nSPS) is 6.62. The smallest absolute Gasteiger partial charge is 0.303 e. The molecule has 0 aromatic rings. The summed E-state index contributed by atoms with van der Waals surface area (Å²) < 4.78 is 0. The van der Waals surface area contributed by atoms with E-state index in [4.69, 9.17) is 24.9 Å². The Morgan fingerprint density at radius 1 is 1.31 bits per heavy atom. The Kier molecular flexibility index (Phi) is 22.6. The van der Waals surface area contributed by atoms with Gasteiger partial charge in [0.05, 0.1) is 0 Å². The fourth-order valence-electron chi connectivity index (χ4n) is 0.214.